The summed E-state index contributed by atoms with van der Waals surface area (Å²) in [5.74, 6) is -0.723. The van der Waals surface area contributed by atoms with Crippen LogP contribution in [0.1, 0.15) is 49.4 Å². The van der Waals surface area contributed by atoms with Crippen LogP contribution < -0.4 is 11.1 Å². The zero-order valence-electron chi connectivity index (χ0n) is 23.2. The Morgan fingerprint density at radius 2 is 1.65 bits per heavy atom. The number of benzene rings is 1. The van der Waals surface area contributed by atoms with E-state index in [1.807, 2.05) is 0 Å². The van der Waals surface area contributed by atoms with Crippen LogP contribution in [0.2, 0.25) is 0 Å². The van der Waals surface area contributed by atoms with Crippen molar-refractivity contribution in [2.45, 2.75) is 45.1 Å². The van der Waals surface area contributed by atoms with Crippen LogP contribution in [0.15, 0.2) is 24.3 Å². The molecule has 2 amide bonds. The van der Waals surface area contributed by atoms with Crippen LogP contribution in [0.3, 0.4) is 0 Å². The zero-order chi connectivity index (χ0) is 29.0. The fourth-order valence-corrected chi connectivity index (χ4v) is 6.99. The molecule has 3 aliphatic heterocycles. The van der Waals surface area contributed by atoms with Crippen molar-refractivity contribution in [1.29, 1.82) is 5.41 Å². The van der Waals surface area contributed by atoms with Gasteiger partial charge >= 0.3 is 5.97 Å². The van der Waals surface area contributed by atoms with Crippen LogP contribution in [0, 0.1) is 23.2 Å². The number of carbonyl (C=O) groups excluding carboxylic acids is 3. The summed E-state index contributed by atoms with van der Waals surface area (Å²) < 4.78 is 30.5. The van der Waals surface area contributed by atoms with E-state index in [9.17, 15) is 22.8 Å². The summed E-state index contributed by atoms with van der Waals surface area (Å²) in [7, 11) is -3.25. The molecule has 3 aliphatic rings. The monoisotopic (exact) mass is 576 g/mol. The Hall–Kier alpha value is -3.19. The van der Waals surface area contributed by atoms with Crippen molar-refractivity contribution >= 4 is 39.5 Å². The highest BCUT2D eigenvalue weighted by molar-refractivity contribution is 7.88. The predicted octanol–water partition coefficient (Wildman–Crippen LogP) is 1.30. The molecule has 40 heavy (non-hydrogen) atoms. The third-order valence-corrected chi connectivity index (χ3v) is 9.71. The number of likely N-dealkylation sites (tertiary alicyclic amines) is 2. The first-order valence-electron chi connectivity index (χ1n) is 13.9. The minimum Gasteiger partial charge on any atom is -0.462 e. The molecule has 0 bridgehead atoms. The van der Waals surface area contributed by atoms with Gasteiger partial charge in [0.05, 0.1) is 18.4 Å². The van der Waals surface area contributed by atoms with Crippen LogP contribution in [-0.2, 0) is 24.3 Å². The molecule has 0 spiro atoms. The standard InChI is InChI=1S/C27H40N6O6S/c1-3-39-26(36)20-4-6-22(7-5-20)30-24(34)23-16-21(18-10-14-32(15-11-18)40(2,37)38)17-33(23)25(35)19-8-12-31(13-9-19)27(28)29/h4-7,18-19,21,23H,3,8-17H2,1-2H3,(H3,28,29)(H,30,34)/t21?,23-/m0/s1. The van der Waals surface area contributed by atoms with Gasteiger partial charge < -0.3 is 25.6 Å². The SMILES string of the molecule is CCOC(=O)c1ccc(NC(=O)[C@@H]2CC(C3CCN(S(C)(=O)=O)CC3)CN2C(=O)C2CCN(C(=N)N)CC2)cc1. The fraction of sp³-hybridized carbons (Fsp3) is 0.630. The van der Waals surface area contributed by atoms with Gasteiger partial charge in [0.15, 0.2) is 5.96 Å². The van der Waals surface area contributed by atoms with E-state index in [-0.39, 0.29) is 42.1 Å². The number of anilines is 1. The molecule has 2 atom stereocenters. The van der Waals surface area contributed by atoms with Crippen molar-refractivity contribution < 1.29 is 27.5 Å². The molecule has 4 rings (SSSR count). The van der Waals surface area contributed by atoms with Gasteiger partial charge in [-0.15, -0.1) is 0 Å². The number of nitrogens with two attached hydrogens (primary N) is 1. The molecule has 3 fully saturated rings. The van der Waals surface area contributed by atoms with Gasteiger partial charge in [-0.05, 0) is 75.1 Å². The molecule has 13 heteroatoms. The lowest BCUT2D eigenvalue weighted by atomic mass is 9.83. The van der Waals surface area contributed by atoms with Crippen LogP contribution in [0.5, 0.6) is 0 Å². The molecule has 0 radical (unpaired) electrons. The van der Waals surface area contributed by atoms with E-state index in [1.54, 1.807) is 41.0 Å². The van der Waals surface area contributed by atoms with Crippen molar-refractivity contribution in [3.63, 3.8) is 0 Å². The lowest BCUT2D eigenvalue weighted by Crippen LogP contribution is -2.49. The van der Waals surface area contributed by atoms with E-state index in [0.29, 0.717) is 76.1 Å². The number of amides is 2. The third kappa shape index (κ3) is 6.92. The summed E-state index contributed by atoms with van der Waals surface area (Å²) in [6, 6.07) is 5.81. The zero-order valence-corrected chi connectivity index (χ0v) is 24.0. The van der Waals surface area contributed by atoms with E-state index >= 15 is 0 Å². The maximum absolute atomic E-state index is 13.7. The number of nitrogens with one attached hydrogen (secondary N) is 2. The van der Waals surface area contributed by atoms with E-state index in [1.165, 1.54) is 10.6 Å². The number of carbonyl (C=O) groups is 3. The molecule has 4 N–H and O–H groups in total. The first-order valence-corrected chi connectivity index (χ1v) is 15.7. The van der Waals surface area contributed by atoms with Crippen LogP contribution >= 0.6 is 0 Å². The van der Waals surface area contributed by atoms with E-state index in [4.69, 9.17) is 15.9 Å². The molecule has 1 aromatic carbocycles. The third-order valence-electron chi connectivity index (χ3n) is 8.40. The maximum Gasteiger partial charge on any atom is 0.338 e. The average Bonchev–Trinajstić information content (AvgIpc) is 3.38. The van der Waals surface area contributed by atoms with Crippen LogP contribution in [0.25, 0.3) is 0 Å². The van der Waals surface area contributed by atoms with E-state index in [0.717, 1.165) is 0 Å². The first kappa shape index (κ1) is 29.8. The Labute approximate surface area is 235 Å². The molecule has 1 unspecified atom stereocenters. The normalized spacial score (nSPS) is 23.1. The van der Waals surface area contributed by atoms with E-state index < -0.39 is 22.0 Å². The number of hydrogen-bond acceptors (Lipinski definition) is 7. The summed E-state index contributed by atoms with van der Waals surface area (Å²) in [5.41, 5.74) is 6.52. The highest BCUT2D eigenvalue weighted by Crippen LogP contribution is 2.37. The molecule has 0 aromatic heterocycles. The molecular formula is C27H40N6O6S. The predicted molar refractivity (Wildman–Crippen MR) is 150 cm³/mol. The van der Waals surface area contributed by atoms with Crippen LogP contribution in [-0.4, -0.2) is 97.9 Å². The topological polar surface area (TPSA) is 166 Å². The second-order valence-corrected chi connectivity index (χ2v) is 12.9. The molecule has 3 saturated heterocycles. The minimum absolute atomic E-state index is 0.00111. The Balaban J connectivity index is 1.47. The summed E-state index contributed by atoms with van der Waals surface area (Å²) in [4.78, 5) is 42.7. The molecular weight excluding hydrogens is 536 g/mol. The van der Waals surface area contributed by atoms with Crippen LogP contribution in [0.4, 0.5) is 5.69 Å². The molecule has 12 nitrogen and oxygen atoms in total. The molecule has 1 aromatic rings. The van der Waals surface area contributed by atoms with Crippen molar-refractivity contribution in [3.05, 3.63) is 29.8 Å². The van der Waals surface area contributed by atoms with Crippen molar-refractivity contribution in [2.24, 2.45) is 23.5 Å². The smallest absolute Gasteiger partial charge is 0.338 e. The summed E-state index contributed by atoms with van der Waals surface area (Å²) >= 11 is 0. The molecule has 0 saturated carbocycles. The van der Waals surface area contributed by atoms with Crippen molar-refractivity contribution in [1.82, 2.24) is 14.1 Å². The fourth-order valence-electron chi connectivity index (χ4n) is 6.11. The van der Waals surface area contributed by atoms with E-state index in [2.05, 4.69) is 5.32 Å². The number of piperidine rings is 2. The van der Waals surface area contributed by atoms with Gasteiger partial charge in [0, 0.05) is 44.3 Å². The summed E-state index contributed by atoms with van der Waals surface area (Å²) in [6.07, 6.45) is 4.25. The van der Waals surface area contributed by atoms with Gasteiger partial charge in [-0.1, -0.05) is 0 Å². The largest absolute Gasteiger partial charge is 0.462 e. The van der Waals surface area contributed by atoms with Gasteiger partial charge in [0.25, 0.3) is 0 Å². The lowest BCUT2D eigenvalue weighted by Gasteiger charge is -2.35. The Morgan fingerprint density at radius 1 is 1.02 bits per heavy atom. The number of rotatable bonds is 7. The number of ether oxygens (including phenoxy) is 1. The van der Waals surface area contributed by atoms with Gasteiger partial charge in [-0.25, -0.2) is 17.5 Å². The highest BCUT2D eigenvalue weighted by atomic mass is 32.2. The van der Waals surface area contributed by atoms with Gasteiger partial charge in [-0.2, -0.15) is 0 Å². The summed E-state index contributed by atoms with van der Waals surface area (Å²) in [5, 5.41) is 10.6. The number of esters is 1. The Bertz CT molecular complexity index is 1210. The van der Waals surface area contributed by atoms with Gasteiger partial charge in [-0.3, -0.25) is 15.0 Å². The van der Waals surface area contributed by atoms with Gasteiger partial charge in [0.1, 0.15) is 6.04 Å². The minimum atomic E-state index is -3.25. The average molecular weight is 577 g/mol. The number of hydrogen-bond donors (Lipinski definition) is 3. The Kier molecular flexibility index (Phi) is 9.34. The summed E-state index contributed by atoms with van der Waals surface area (Å²) in [6.45, 7) is 4.39. The molecule has 3 heterocycles. The Morgan fingerprint density at radius 3 is 2.20 bits per heavy atom. The number of sulfonamides is 1. The highest BCUT2D eigenvalue weighted by Gasteiger charge is 2.45. The molecule has 0 aliphatic carbocycles. The number of guanidine groups is 1. The first-order chi connectivity index (χ1) is 19.0. The number of nitrogens with zero attached hydrogens (tertiary/aromatic N) is 3. The van der Waals surface area contributed by atoms with Crippen molar-refractivity contribution in [3.8, 4) is 0 Å². The van der Waals surface area contributed by atoms with Crippen molar-refractivity contribution in [2.75, 3.05) is 50.9 Å². The maximum atomic E-state index is 13.7. The quantitative estimate of drug-likeness (QED) is 0.248. The molecule has 220 valence electrons. The second kappa shape index (κ2) is 12.5. The lowest BCUT2D eigenvalue weighted by molar-refractivity contribution is -0.141. The van der Waals surface area contributed by atoms with Gasteiger partial charge in [0.2, 0.25) is 21.8 Å². The second-order valence-electron chi connectivity index (χ2n) is 10.9.